The lowest BCUT2D eigenvalue weighted by Gasteiger charge is -2.22. The third-order valence-electron chi connectivity index (χ3n) is 3.35. The summed E-state index contributed by atoms with van der Waals surface area (Å²) in [4.78, 5) is 23.8. The number of carboxylic acid groups (broad SMARTS) is 1. The Balaban J connectivity index is 0.00000242. The Kier molecular flexibility index (Phi) is 6.39. The van der Waals surface area contributed by atoms with Gasteiger partial charge in [0.15, 0.2) is 0 Å². The molecule has 2 rings (SSSR count). The van der Waals surface area contributed by atoms with Crippen molar-refractivity contribution in [2.75, 3.05) is 20.1 Å². The number of para-hydroxylation sites is 1. The standard InChI is InChI=1S/C15H18N2O4.ClH/c1-10(17(2)9-14(18)16-8-15(19)20)13-7-11-5-3-4-6-12(11)21-13;/h3-7,10H,8-9H2,1-2H3,(H,16,18)(H,19,20);1H. The third-order valence-corrected chi connectivity index (χ3v) is 3.35. The van der Waals surface area contributed by atoms with Crippen LogP contribution in [0.15, 0.2) is 34.7 Å². The van der Waals surface area contributed by atoms with Crippen molar-refractivity contribution in [3.05, 3.63) is 36.1 Å². The highest BCUT2D eigenvalue weighted by Gasteiger charge is 2.18. The molecule has 1 heterocycles. The first-order valence-electron chi connectivity index (χ1n) is 6.64. The first kappa shape index (κ1) is 18.0. The average molecular weight is 327 g/mol. The second-order valence-corrected chi connectivity index (χ2v) is 4.95. The van der Waals surface area contributed by atoms with Gasteiger partial charge in [-0.3, -0.25) is 14.5 Å². The van der Waals surface area contributed by atoms with Crippen molar-refractivity contribution in [1.82, 2.24) is 10.2 Å². The number of furan rings is 1. The van der Waals surface area contributed by atoms with Gasteiger partial charge in [-0.25, -0.2) is 0 Å². The van der Waals surface area contributed by atoms with Crippen LogP contribution in [0.4, 0.5) is 0 Å². The van der Waals surface area contributed by atoms with Gasteiger partial charge in [0.05, 0.1) is 12.6 Å². The van der Waals surface area contributed by atoms with E-state index in [2.05, 4.69) is 5.32 Å². The number of hydrogen-bond donors (Lipinski definition) is 2. The van der Waals surface area contributed by atoms with Gasteiger partial charge in [-0.05, 0) is 26.1 Å². The molecule has 120 valence electrons. The fourth-order valence-corrected chi connectivity index (χ4v) is 2.02. The molecule has 0 aliphatic carbocycles. The predicted octanol–water partition coefficient (Wildman–Crippen LogP) is 2.05. The summed E-state index contributed by atoms with van der Waals surface area (Å²) in [6.45, 7) is 1.67. The van der Waals surface area contributed by atoms with Crippen molar-refractivity contribution in [3.63, 3.8) is 0 Å². The summed E-state index contributed by atoms with van der Waals surface area (Å²) in [6, 6.07) is 9.57. The van der Waals surface area contributed by atoms with E-state index in [1.807, 2.05) is 37.3 Å². The summed E-state index contributed by atoms with van der Waals surface area (Å²) >= 11 is 0. The first-order chi connectivity index (χ1) is 9.97. The molecular weight excluding hydrogens is 308 g/mol. The Morgan fingerprint density at radius 3 is 2.68 bits per heavy atom. The Bertz CT molecular complexity index is 623. The molecule has 0 saturated carbocycles. The van der Waals surface area contributed by atoms with E-state index in [0.717, 1.165) is 16.7 Å². The number of halogens is 1. The monoisotopic (exact) mass is 326 g/mol. The molecule has 0 aliphatic rings. The minimum atomic E-state index is -1.06. The van der Waals surface area contributed by atoms with E-state index >= 15 is 0 Å². The zero-order chi connectivity index (χ0) is 15.4. The lowest BCUT2D eigenvalue weighted by molar-refractivity contribution is -0.138. The van der Waals surface area contributed by atoms with Crippen molar-refractivity contribution in [2.24, 2.45) is 0 Å². The van der Waals surface area contributed by atoms with E-state index in [0.29, 0.717) is 0 Å². The van der Waals surface area contributed by atoms with Crippen LogP contribution in [-0.4, -0.2) is 42.0 Å². The van der Waals surface area contributed by atoms with E-state index in [4.69, 9.17) is 9.52 Å². The van der Waals surface area contributed by atoms with Crippen LogP contribution in [0.2, 0.25) is 0 Å². The van der Waals surface area contributed by atoms with Crippen LogP contribution < -0.4 is 5.32 Å². The van der Waals surface area contributed by atoms with Gasteiger partial charge in [0.1, 0.15) is 17.9 Å². The highest BCUT2D eigenvalue weighted by molar-refractivity contribution is 5.85. The molecule has 0 saturated heterocycles. The predicted molar refractivity (Wildman–Crippen MR) is 85.2 cm³/mol. The molecule has 7 heteroatoms. The Hall–Kier alpha value is -2.05. The second kappa shape index (κ2) is 7.82. The number of fused-ring (bicyclic) bond motifs is 1. The van der Waals surface area contributed by atoms with Crippen LogP contribution >= 0.6 is 12.4 Å². The molecule has 1 amide bonds. The van der Waals surface area contributed by atoms with Crippen molar-refractivity contribution < 1.29 is 19.1 Å². The minimum absolute atomic E-state index is 0. The molecule has 2 aromatic rings. The van der Waals surface area contributed by atoms with Crippen LogP contribution in [0.5, 0.6) is 0 Å². The molecule has 1 atom stereocenters. The molecule has 0 bridgehead atoms. The molecule has 1 aromatic carbocycles. The molecule has 6 nitrogen and oxygen atoms in total. The maximum atomic E-state index is 11.6. The molecule has 1 aromatic heterocycles. The van der Waals surface area contributed by atoms with Gasteiger partial charge in [0.2, 0.25) is 5.91 Å². The first-order valence-corrected chi connectivity index (χ1v) is 6.64. The lowest BCUT2D eigenvalue weighted by Crippen LogP contribution is -2.38. The van der Waals surface area contributed by atoms with Gasteiger partial charge in [-0.2, -0.15) is 0 Å². The third kappa shape index (κ3) is 4.47. The number of carbonyl (C=O) groups excluding carboxylic acids is 1. The van der Waals surface area contributed by atoms with Crippen molar-refractivity contribution in [3.8, 4) is 0 Å². The van der Waals surface area contributed by atoms with Gasteiger partial charge in [0.25, 0.3) is 0 Å². The molecule has 0 spiro atoms. The number of aliphatic carboxylic acids is 1. The van der Waals surface area contributed by atoms with Crippen molar-refractivity contribution in [1.29, 1.82) is 0 Å². The Morgan fingerprint density at radius 1 is 1.36 bits per heavy atom. The molecule has 0 radical (unpaired) electrons. The summed E-state index contributed by atoms with van der Waals surface area (Å²) in [6.07, 6.45) is 0. The van der Waals surface area contributed by atoms with Crippen LogP contribution in [0.1, 0.15) is 18.7 Å². The molecule has 1 unspecified atom stereocenters. The zero-order valence-corrected chi connectivity index (χ0v) is 13.2. The van der Waals surface area contributed by atoms with E-state index in [9.17, 15) is 9.59 Å². The topological polar surface area (TPSA) is 82.8 Å². The highest BCUT2D eigenvalue weighted by atomic mass is 35.5. The van der Waals surface area contributed by atoms with Gasteiger partial charge >= 0.3 is 5.97 Å². The number of likely N-dealkylation sites (N-methyl/N-ethyl adjacent to an activating group) is 1. The van der Waals surface area contributed by atoms with E-state index in [1.165, 1.54) is 0 Å². The lowest BCUT2D eigenvalue weighted by atomic mass is 10.2. The second-order valence-electron chi connectivity index (χ2n) is 4.95. The van der Waals surface area contributed by atoms with Crippen LogP contribution in [0.25, 0.3) is 11.0 Å². The highest BCUT2D eigenvalue weighted by Crippen LogP contribution is 2.26. The molecule has 22 heavy (non-hydrogen) atoms. The quantitative estimate of drug-likeness (QED) is 0.849. The number of carboxylic acids is 1. The van der Waals surface area contributed by atoms with Gasteiger partial charge in [-0.1, -0.05) is 18.2 Å². The number of hydrogen-bond acceptors (Lipinski definition) is 4. The van der Waals surface area contributed by atoms with E-state index in [-0.39, 0.29) is 37.4 Å². The van der Waals surface area contributed by atoms with Gasteiger partial charge in [-0.15, -0.1) is 12.4 Å². The number of amides is 1. The number of nitrogens with zero attached hydrogens (tertiary/aromatic N) is 1. The summed E-state index contributed by atoms with van der Waals surface area (Å²) in [5.74, 6) is -0.621. The largest absolute Gasteiger partial charge is 0.480 e. The van der Waals surface area contributed by atoms with Crippen LogP contribution in [-0.2, 0) is 9.59 Å². The molecule has 0 fully saturated rings. The SMILES string of the molecule is CC(c1cc2ccccc2o1)N(C)CC(=O)NCC(=O)O.Cl. The Labute approximate surface area is 134 Å². The fourth-order valence-electron chi connectivity index (χ4n) is 2.02. The molecule has 0 aliphatic heterocycles. The van der Waals surface area contributed by atoms with Gasteiger partial charge < -0.3 is 14.8 Å². The van der Waals surface area contributed by atoms with Gasteiger partial charge in [0, 0.05) is 5.39 Å². The normalized spacial score (nSPS) is 12.0. The average Bonchev–Trinajstić information content (AvgIpc) is 2.88. The summed E-state index contributed by atoms with van der Waals surface area (Å²) in [5.41, 5.74) is 0.808. The van der Waals surface area contributed by atoms with Crippen molar-refractivity contribution in [2.45, 2.75) is 13.0 Å². The van der Waals surface area contributed by atoms with Crippen LogP contribution in [0, 0.1) is 0 Å². The number of benzene rings is 1. The molecule has 2 N–H and O–H groups in total. The maximum absolute atomic E-state index is 11.6. The Morgan fingerprint density at radius 2 is 2.05 bits per heavy atom. The van der Waals surface area contributed by atoms with Crippen LogP contribution in [0.3, 0.4) is 0 Å². The van der Waals surface area contributed by atoms with E-state index in [1.54, 1.807) is 11.9 Å². The number of nitrogens with one attached hydrogen (secondary N) is 1. The summed E-state index contributed by atoms with van der Waals surface area (Å²) < 4.78 is 5.76. The van der Waals surface area contributed by atoms with Crippen molar-refractivity contribution >= 4 is 35.3 Å². The summed E-state index contributed by atoms with van der Waals surface area (Å²) in [5, 5.41) is 11.9. The fraction of sp³-hybridized carbons (Fsp3) is 0.333. The minimum Gasteiger partial charge on any atom is -0.480 e. The van der Waals surface area contributed by atoms with E-state index < -0.39 is 5.97 Å². The number of carbonyl (C=O) groups is 2. The maximum Gasteiger partial charge on any atom is 0.322 e. The smallest absolute Gasteiger partial charge is 0.322 e. The molecular formula is C15H19ClN2O4. The number of rotatable bonds is 6. The summed E-state index contributed by atoms with van der Waals surface area (Å²) in [7, 11) is 1.79. The zero-order valence-electron chi connectivity index (χ0n) is 12.4.